The molecule has 3 nitrogen and oxygen atoms in total. The van der Waals surface area contributed by atoms with E-state index < -0.39 is 6.10 Å². The second-order valence-corrected chi connectivity index (χ2v) is 5.60. The van der Waals surface area contributed by atoms with E-state index in [1.165, 1.54) is 12.1 Å². The van der Waals surface area contributed by atoms with Crippen molar-refractivity contribution in [1.29, 1.82) is 0 Å². The van der Waals surface area contributed by atoms with E-state index in [1.807, 2.05) is 31.2 Å². The Kier molecular flexibility index (Phi) is 6.15. The Bertz CT molecular complexity index is 640. The lowest BCUT2D eigenvalue weighted by Crippen LogP contribution is -2.36. The van der Waals surface area contributed by atoms with Gasteiger partial charge in [-0.2, -0.15) is 0 Å². The summed E-state index contributed by atoms with van der Waals surface area (Å²) in [5, 5.41) is 2.86. The molecule has 0 aliphatic heterocycles. The normalized spacial score (nSPS) is 11.8. The smallest absolute Gasteiger partial charge is 0.260 e. The number of halogens is 1. The maximum absolute atomic E-state index is 12.8. The van der Waals surface area contributed by atoms with Crippen LogP contribution in [0.2, 0.25) is 0 Å². The Labute approximate surface area is 136 Å². The van der Waals surface area contributed by atoms with Crippen LogP contribution in [0.5, 0.6) is 5.75 Å². The van der Waals surface area contributed by atoms with Crippen molar-refractivity contribution in [2.75, 3.05) is 6.54 Å². The fraction of sp³-hybridized carbons (Fsp3) is 0.316. The zero-order chi connectivity index (χ0) is 16.7. The number of carbonyl (C=O) groups is 1. The SMILES string of the molecule is Cc1cccc(O[C@@H](C)C(=O)NCCCc2ccc(F)cc2)c1. The molecule has 0 unspecified atom stereocenters. The van der Waals surface area contributed by atoms with Gasteiger partial charge in [0, 0.05) is 6.54 Å². The number of rotatable bonds is 7. The van der Waals surface area contributed by atoms with Crippen LogP contribution in [0.15, 0.2) is 48.5 Å². The minimum atomic E-state index is -0.539. The predicted molar refractivity (Wildman–Crippen MR) is 89.0 cm³/mol. The average molecular weight is 315 g/mol. The lowest BCUT2D eigenvalue weighted by molar-refractivity contribution is -0.127. The van der Waals surface area contributed by atoms with Gasteiger partial charge in [0.1, 0.15) is 11.6 Å². The molecule has 0 aromatic heterocycles. The summed E-state index contributed by atoms with van der Waals surface area (Å²) < 4.78 is 18.4. The summed E-state index contributed by atoms with van der Waals surface area (Å²) in [5.41, 5.74) is 2.15. The van der Waals surface area contributed by atoms with Crippen LogP contribution in [-0.4, -0.2) is 18.6 Å². The molecule has 0 fully saturated rings. The number of hydrogen-bond acceptors (Lipinski definition) is 2. The van der Waals surface area contributed by atoms with E-state index >= 15 is 0 Å². The molecule has 0 bridgehead atoms. The van der Waals surface area contributed by atoms with Crippen molar-refractivity contribution >= 4 is 5.91 Å². The molecule has 0 heterocycles. The fourth-order valence-corrected chi connectivity index (χ4v) is 2.25. The van der Waals surface area contributed by atoms with Gasteiger partial charge >= 0.3 is 0 Å². The van der Waals surface area contributed by atoms with Crippen LogP contribution in [0.4, 0.5) is 4.39 Å². The average Bonchev–Trinajstić information content (AvgIpc) is 2.53. The van der Waals surface area contributed by atoms with Crippen molar-refractivity contribution in [2.45, 2.75) is 32.8 Å². The Balaban J connectivity index is 1.70. The molecular weight excluding hydrogens is 293 g/mol. The maximum atomic E-state index is 12.8. The first kappa shape index (κ1) is 17.0. The molecule has 2 aromatic rings. The highest BCUT2D eigenvalue weighted by Crippen LogP contribution is 2.14. The van der Waals surface area contributed by atoms with Gasteiger partial charge < -0.3 is 10.1 Å². The molecule has 122 valence electrons. The Morgan fingerprint density at radius 3 is 2.65 bits per heavy atom. The van der Waals surface area contributed by atoms with Gasteiger partial charge in [0.2, 0.25) is 0 Å². The number of aryl methyl sites for hydroxylation is 2. The van der Waals surface area contributed by atoms with Crippen molar-refractivity contribution in [3.05, 3.63) is 65.5 Å². The molecule has 0 aliphatic rings. The monoisotopic (exact) mass is 315 g/mol. The van der Waals surface area contributed by atoms with E-state index in [9.17, 15) is 9.18 Å². The number of hydrogen-bond donors (Lipinski definition) is 1. The second kappa shape index (κ2) is 8.32. The van der Waals surface area contributed by atoms with E-state index in [1.54, 1.807) is 19.1 Å². The molecule has 2 aromatic carbocycles. The first-order valence-corrected chi connectivity index (χ1v) is 7.80. The Hall–Kier alpha value is -2.36. The van der Waals surface area contributed by atoms with Gasteiger partial charge in [-0.3, -0.25) is 4.79 Å². The highest BCUT2D eigenvalue weighted by atomic mass is 19.1. The lowest BCUT2D eigenvalue weighted by atomic mass is 10.1. The topological polar surface area (TPSA) is 38.3 Å². The molecular formula is C19H22FNO2. The first-order chi connectivity index (χ1) is 11.0. The van der Waals surface area contributed by atoms with Gasteiger partial charge in [-0.05, 0) is 62.1 Å². The number of nitrogens with one attached hydrogen (secondary N) is 1. The minimum Gasteiger partial charge on any atom is -0.481 e. The lowest BCUT2D eigenvalue weighted by Gasteiger charge is -2.15. The van der Waals surface area contributed by atoms with E-state index in [0.29, 0.717) is 12.3 Å². The van der Waals surface area contributed by atoms with E-state index in [0.717, 1.165) is 24.0 Å². The van der Waals surface area contributed by atoms with E-state index in [4.69, 9.17) is 4.74 Å². The minimum absolute atomic E-state index is 0.134. The molecule has 0 saturated heterocycles. The van der Waals surface area contributed by atoms with Crippen molar-refractivity contribution in [2.24, 2.45) is 0 Å². The molecule has 1 amide bonds. The van der Waals surface area contributed by atoms with Crippen LogP contribution in [0, 0.1) is 12.7 Å². The number of benzene rings is 2. The van der Waals surface area contributed by atoms with Gasteiger partial charge in [-0.25, -0.2) is 4.39 Å². The highest BCUT2D eigenvalue weighted by Gasteiger charge is 2.13. The van der Waals surface area contributed by atoms with Gasteiger partial charge in [-0.15, -0.1) is 0 Å². The third-order valence-corrected chi connectivity index (χ3v) is 3.53. The summed E-state index contributed by atoms with van der Waals surface area (Å²) in [6.07, 6.45) is 1.06. The zero-order valence-electron chi connectivity index (χ0n) is 13.5. The molecule has 1 atom stereocenters. The van der Waals surface area contributed by atoms with Crippen molar-refractivity contribution in [3.8, 4) is 5.75 Å². The number of carbonyl (C=O) groups excluding carboxylic acids is 1. The van der Waals surface area contributed by atoms with Crippen LogP contribution in [0.25, 0.3) is 0 Å². The second-order valence-electron chi connectivity index (χ2n) is 5.60. The maximum Gasteiger partial charge on any atom is 0.260 e. The number of amides is 1. The summed E-state index contributed by atoms with van der Waals surface area (Å²) in [6, 6.07) is 14.0. The Morgan fingerprint density at radius 1 is 1.22 bits per heavy atom. The summed E-state index contributed by atoms with van der Waals surface area (Å²) in [4.78, 5) is 12.0. The third kappa shape index (κ3) is 5.74. The standard InChI is InChI=1S/C19H22FNO2/c1-14-5-3-7-18(13-14)23-15(2)19(22)21-12-4-6-16-8-10-17(20)11-9-16/h3,5,7-11,13,15H,4,6,12H2,1-2H3,(H,21,22)/t15-/m0/s1. The number of ether oxygens (including phenoxy) is 1. The van der Waals surface area contributed by atoms with Gasteiger partial charge in [0.15, 0.2) is 6.10 Å². The van der Waals surface area contributed by atoms with Crippen molar-refractivity contribution < 1.29 is 13.9 Å². The van der Waals surface area contributed by atoms with Crippen molar-refractivity contribution in [1.82, 2.24) is 5.32 Å². The molecule has 0 saturated carbocycles. The molecule has 1 N–H and O–H groups in total. The van der Waals surface area contributed by atoms with Crippen LogP contribution in [-0.2, 0) is 11.2 Å². The molecule has 23 heavy (non-hydrogen) atoms. The van der Waals surface area contributed by atoms with Crippen molar-refractivity contribution in [3.63, 3.8) is 0 Å². The van der Waals surface area contributed by atoms with Gasteiger partial charge in [0.25, 0.3) is 5.91 Å². The van der Waals surface area contributed by atoms with Crippen LogP contribution in [0.1, 0.15) is 24.5 Å². The summed E-state index contributed by atoms with van der Waals surface area (Å²) in [6.45, 7) is 4.28. The first-order valence-electron chi connectivity index (χ1n) is 7.80. The fourth-order valence-electron chi connectivity index (χ4n) is 2.25. The molecule has 0 aliphatic carbocycles. The Morgan fingerprint density at radius 2 is 1.96 bits per heavy atom. The van der Waals surface area contributed by atoms with Gasteiger partial charge in [-0.1, -0.05) is 24.3 Å². The molecule has 4 heteroatoms. The largest absolute Gasteiger partial charge is 0.481 e. The molecule has 0 radical (unpaired) electrons. The van der Waals surface area contributed by atoms with E-state index in [2.05, 4.69) is 5.32 Å². The van der Waals surface area contributed by atoms with Crippen LogP contribution < -0.4 is 10.1 Å². The van der Waals surface area contributed by atoms with E-state index in [-0.39, 0.29) is 11.7 Å². The summed E-state index contributed by atoms with van der Waals surface area (Å²) in [5.74, 6) is 0.328. The third-order valence-electron chi connectivity index (χ3n) is 3.53. The predicted octanol–water partition coefficient (Wildman–Crippen LogP) is 3.65. The zero-order valence-corrected chi connectivity index (χ0v) is 13.5. The summed E-state index contributed by atoms with van der Waals surface area (Å²) in [7, 11) is 0. The quantitative estimate of drug-likeness (QED) is 0.792. The highest BCUT2D eigenvalue weighted by molar-refractivity contribution is 5.80. The summed E-state index contributed by atoms with van der Waals surface area (Å²) >= 11 is 0. The van der Waals surface area contributed by atoms with Crippen LogP contribution >= 0.6 is 0 Å². The molecule has 0 spiro atoms. The van der Waals surface area contributed by atoms with Crippen LogP contribution in [0.3, 0.4) is 0 Å². The van der Waals surface area contributed by atoms with Gasteiger partial charge in [0.05, 0.1) is 0 Å². The molecule has 2 rings (SSSR count).